The van der Waals surface area contributed by atoms with Gasteiger partial charge >= 0.3 is 0 Å². The van der Waals surface area contributed by atoms with E-state index in [1.54, 1.807) is 0 Å². The molecule has 0 saturated carbocycles. The van der Waals surface area contributed by atoms with E-state index in [2.05, 4.69) is 21.0 Å². The Morgan fingerprint density at radius 1 is 1.06 bits per heavy atom. The van der Waals surface area contributed by atoms with Gasteiger partial charge in [-0.05, 0) is 42.5 Å². The van der Waals surface area contributed by atoms with Crippen LogP contribution in [0, 0.1) is 0 Å². The van der Waals surface area contributed by atoms with Crippen molar-refractivity contribution in [3.05, 3.63) is 58.2 Å². The summed E-state index contributed by atoms with van der Waals surface area (Å²) in [6, 6.07) is 13.8. The van der Waals surface area contributed by atoms with Crippen LogP contribution < -0.4 is 0 Å². The van der Waals surface area contributed by atoms with Gasteiger partial charge in [-0.2, -0.15) is 5.10 Å². The van der Waals surface area contributed by atoms with Crippen LogP contribution in [0.1, 0.15) is 0 Å². The van der Waals surface area contributed by atoms with Gasteiger partial charge in [-0.25, -0.2) is 4.68 Å². The lowest BCUT2D eigenvalue weighted by atomic mass is 10.2. The lowest BCUT2D eigenvalue weighted by Gasteiger charge is -2.03. The highest BCUT2D eigenvalue weighted by Crippen LogP contribution is 2.22. The molecule has 0 fully saturated rings. The molecule has 0 radical (unpaired) electrons. The van der Waals surface area contributed by atoms with Gasteiger partial charge in [0.15, 0.2) is 0 Å². The van der Waals surface area contributed by atoms with E-state index in [0.717, 1.165) is 26.1 Å². The average molecular weight is 308 g/mol. The average Bonchev–Trinajstić information content (AvgIpc) is 2.73. The SMILES string of the molecule is Clc1ccc2cnn(-c3ccc(Br)cc3)c2c1. The Morgan fingerprint density at radius 2 is 1.82 bits per heavy atom. The number of aromatic nitrogens is 2. The van der Waals surface area contributed by atoms with E-state index in [-0.39, 0.29) is 0 Å². The molecule has 0 saturated heterocycles. The Balaban J connectivity index is 2.23. The minimum absolute atomic E-state index is 0.719. The second-order valence-electron chi connectivity index (χ2n) is 3.74. The second-order valence-corrected chi connectivity index (χ2v) is 5.09. The van der Waals surface area contributed by atoms with Crippen molar-refractivity contribution in [1.29, 1.82) is 0 Å². The minimum atomic E-state index is 0.719. The monoisotopic (exact) mass is 306 g/mol. The number of fused-ring (bicyclic) bond motifs is 1. The molecule has 0 aliphatic carbocycles. The van der Waals surface area contributed by atoms with Crippen LogP contribution in [0.2, 0.25) is 5.02 Å². The summed E-state index contributed by atoms with van der Waals surface area (Å²) in [5.74, 6) is 0. The number of nitrogens with zero attached hydrogens (tertiary/aromatic N) is 2. The standard InChI is InChI=1S/C13H8BrClN2/c14-10-2-5-12(6-3-10)17-13-7-11(15)4-1-9(13)8-16-17/h1-8H. The zero-order chi connectivity index (χ0) is 11.8. The topological polar surface area (TPSA) is 17.8 Å². The summed E-state index contributed by atoms with van der Waals surface area (Å²) < 4.78 is 2.93. The van der Waals surface area contributed by atoms with E-state index < -0.39 is 0 Å². The Kier molecular flexibility index (Phi) is 2.65. The molecule has 1 aromatic heterocycles. The van der Waals surface area contributed by atoms with Crippen LogP contribution in [-0.2, 0) is 0 Å². The van der Waals surface area contributed by atoms with Crippen molar-refractivity contribution in [3.8, 4) is 5.69 Å². The molecule has 0 spiro atoms. The minimum Gasteiger partial charge on any atom is -0.233 e. The molecular formula is C13H8BrClN2. The maximum absolute atomic E-state index is 6.01. The maximum Gasteiger partial charge on any atom is 0.0755 e. The van der Waals surface area contributed by atoms with E-state index in [1.807, 2.05) is 53.3 Å². The van der Waals surface area contributed by atoms with Crippen molar-refractivity contribution in [1.82, 2.24) is 9.78 Å². The van der Waals surface area contributed by atoms with Crippen LogP contribution in [0.3, 0.4) is 0 Å². The Labute approximate surface area is 112 Å². The normalized spacial score (nSPS) is 10.9. The van der Waals surface area contributed by atoms with Gasteiger partial charge in [-0.15, -0.1) is 0 Å². The first-order valence-electron chi connectivity index (χ1n) is 5.13. The third-order valence-electron chi connectivity index (χ3n) is 2.60. The van der Waals surface area contributed by atoms with E-state index in [4.69, 9.17) is 11.6 Å². The van der Waals surface area contributed by atoms with Crippen LogP contribution in [-0.4, -0.2) is 9.78 Å². The van der Waals surface area contributed by atoms with E-state index in [0.29, 0.717) is 0 Å². The fraction of sp³-hybridized carbons (Fsp3) is 0. The molecule has 2 aromatic carbocycles. The molecule has 84 valence electrons. The summed E-state index contributed by atoms with van der Waals surface area (Å²) in [6.07, 6.45) is 1.84. The van der Waals surface area contributed by atoms with Crippen molar-refractivity contribution in [3.63, 3.8) is 0 Å². The van der Waals surface area contributed by atoms with Gasteiger partial charge in [0.25, 0.3) is 0 Å². The van der Waals surface area contributed by atoms with Gasteiger partial charge in [-0.1, -0.05) is 27.5 Å². The van der Waals surface area contributed by atoms with E-state index >= 15 is 0 Å². The summed E-state index contributed by atoms with van der Waals surface area (Å²) in [6.45, 7) is 0. The summed E-state index contributed by atoms with van der Waals surface area (Å²) in [5.41, 5.74) is 2.03. The Hall–Kier alpha value is -1.32. The highest BCUT2D eigenvalue weighted by molar-refractivity contribution is 9.10. The third-order valence-corrected chi connectivity index (χ3v) is 3.37. The second kappa shape index (κ2) is 4.17. The number of benzene rings is 2. The summed E-state index contributed by atoms with van der Waals surface area (Å²) in [7, 11) is 0. The summed E-state index contributed by atoms with van der Waals surface area (Å²) >= 11 is 9.43. The first-order chi connectivity index (χ1) is 8.24. The zero-order valence-electron chi connectivity index (χ0n) is 8.77. The van der Waals surface area contributed by atoms with Crippen LogP contribution >= 0.6 is 27.5 Å². The molecule has 0 aliphatic rings. The molecule has 2 nitrogen and oxygen atoms in total. The first kappa shape index (κ1) is 10.8. The molecule has 0 bridgehead atoms. The summed E-state index contributed by atoms with van der Waals surface area (Å²) in [4.78, 5) is 0. The molecule has 3 rings (SSSR count). The molecule has 0 unspecified atom stereocenters. The quantitative estimate of drug-likeness (QED) is 0.650. The molecule has 17 heavy (non-hydrogen) atoms. The van der Waals surface area contributed by atoms with Crippen molar-refractivity contribution in [2.24, 2.45) is 0 Å². The Bertz CT molecular complexity index is 673. The molecule has 4 heteroatoms. The van der Waals surface area contributed by atoms with Crippen LogP contribution in [0.4, 0.5) is 0 Å². The molecule has 0 N–H and O–H groups in total. The highest BCUT2D eigenvalue weighted by atomic mass is 79.9. The molecular weight excluding hydrogens is 300 g/mol. The summed E-state index contributed by atoms with van der Waals surface area (Å²) in [5, 5.41) is 6.18. The van der Waals surface area contributed by atoms with Gasteiger partial charge in [0.1, 0.15) is 0 Å². The van der Waals surface area contributed by atoms with Crippen molar-refractivity contribution < 1.29 is 0 Å². The van der Waals surface area contributed by atoms with Crippen LogP contribution in [0.15, 0.2) is 53.1 Å². The van der Waals surface area contributed by atoms with Gasteiger partial charge in [0.05, 0.1) is 17.4 Å². The number of hydrogen-bond acceptors (Lipinski definition) is 1. The van der Waals surface area contributed by atoms with Crippen LogP contribution in [0.25, 0.3) is 16.6 Å². The van der Waals surface area contributed by atoms with Crippen molar-refractivity contribution in [2.45, 2.75) is 0 Å². The maximum atomic E-state index is 6.01. The predicted octanol–water partition coefficient (Wildman–Crippen LogP) is 4.44. The molecule has 0 aliphatic heterocycles. The van der Waals surface area contributed by atoms with Gasteiger partial charge in [0.2, 0.25) is 0 Å². The Morgan fingerprint density at radius 3 is 2.59 bits per heavy atom. The molecule has 3 aromatic rings. The highest BCUT2D eigenvalue weighted by Gasteiger charge is 2.05. The predicted molar refractivity (Wildman–Crippen MR) is 73.8 cm³/mol. The lowest BCUT2D eigenvalue weighted by molar-refractivity contribution is 0.910. The first-order valence-corrected chi connectivity index (χ1v) is 6.30. The lowest BCUT2D eigenvalue weighted by Crippen LogP contribution is -1.95. The number of hydrogen-bond donors (Lipinski definition) is 0. The van der Waals surface area contributed by atoms with Crippen molar-refractivity contribution >= 4 is 38.4 Å². The molecule has 0 amide bonds. The van der Waals surface area contributed by atoms with Crippen LogP contribution in [0.5, 0.6) is 0 Å². The van der Waals surface area contributed by atoms with Gasteiger partial charge in [-0.3, -0.25) is 0 Å². The smallest absolute Gasteiger partial charge is 0.0755 e. The van der Waals surface area contributed by atoms with E-state index in [1.165, 1.54) is 0 Å². The zero-order valence-corrected chi connectivity index (χ0v) is 11.1. The number of halogens is 2. The number of rotatable bonds is 1. The fourth-order valence-electron chi connectivity index (χ4n) is 1.78. The van der Waals surface area contributed by atoms with Gasteiger partial charge in [0, 0.05) is 14.9 Å². The molecule has 0 atom stereocenters. The molecule has 1 heterocycles. The fourth-order valence-corrected chi connectivity index (χ4v) is 2.21. The third kappa shape index (κ3) is 1.96. The van der Waals surface area contributed by atoms with E-state index in [9.17, 15) is 0 Å². The largest absolute Gasteiger partial charge is 0.233 e. The van der Waals surface area contributed by atoms with Gasteiger partial charge < -0.3 is 0 Å². The van der Waals surface area contributed by atoms with Crippen molar-refractivity contribution in [2.75, 3.05) is 0 Å².